The Kier molecular flexibility index (Phi) is 5.84. The molecular formula is C19H16N4O5S. The minimum absolute atomic E-state index is 0.0516. The van der Waals surface area contributed by atoms with Gasteiger partial charge in [-0.2, -0.15) is 0 Å². The third-order valence-electron chi connectivity index (χ3n) is 3.89. The van der Waals surface area contributed by atoms with Crippen LogP contribution in [0.3, 0.4) is 0 Å². The van der Waals surface area contributed by atoms with Gasteiger partial charge in [-0.15, -0.1) is 11.3 Å². The minimum atomic E-state index is -1.05. The molecule has 0 fully saturated rings. The van der Waals surface area contributed by atoms with E-state index in [2.05, 4.69) is 10.3 Å². The number of nitrogen functional groups attached to an aromatic ring is 1. The lowest BCUT2D eigenvalue weighted by Gasteiger charge is -2.12. The first-order valence-corrected chi connectivity index (χ1v) is 9.29. The van der Waals surface area contributed by atoms with E-state index in [4.69, 9.17) is 10.5 Å². The van der Waals surface area contributed by atoms with Crippen LogP contribution in [0.1, 0.15) is 17.3 Å². The number of hydrogen-bond donors (Lipinski definition) is 2. The van der Waals surface area contributed by atoms with Crippen LogP contribution in [-0.2, 0) is 9.53 Å². The molecule has 1 unspecified atom stereocenters. The summed E-state index contributed by atoms with van der Waals surface area (Å²) in [5.41, 5.74) is 7.35. The molecule has 0 aliphatic rings. The van der Waals surface area contributed by atoms with Gasteiger partial charge in [0.05, 0.1) is 16.2 Å². The third kappa shape index (κ3) is 4.93. The van der Waals surface area contributed by atoms with Crippen molar-refractivity contribution in [1.82, 2.24) is 4.98 Å². The first-order valence-electron chi connectivity index (χ1n) is 8.41. The van der Waals surface area contributed by atoms with Crippen molar-refractivity contribution in [2.75, 3.05) is 11.1 Å². The highest BCUT2D eigenvalue weighted by Gasteiger charge is 2.20. The summed E-state index contributed by atoms with van der Waals surface area (Å²) in [4.78, 5) is 39.0. The number of aromatic nitrogens is 1. The van der Waals surface area contributed by atoms with E-state index in [-0.39, 0.29) is 16.4 Å². The van der Waals surface area contributed by atoms with Crippen LogP contribution in [0.25, 0.3) is 11.3 Å². The number of nitro benzene ring substituents is 1. The van der Waals surface area contributed by atoms with Gasteiger partial charge in [0.15, 0.2) is 11.2 Å². The second-order valence-corrected chi connectivity index (χ2v) is 6.86. The summed E-state index contributed by atoms with van der Waals surface area (Å²) >= 11 is 1.15. The zero-order valence-corrected chi connectivity index (χ0v) is 16.0. The number of rotatable bonds is 6. The van der Waals surface area contributed by atoms with E-state index >= 15 is 0 Å². The molecule has 1 aromatic heterocycles. The minimum Gasteiger partial charge on any atom is -0.449 e. The normalized spacial score (nSPS) is 11.5. The average Bonchev–Trinajstić information content (AvgIpc) is 3.17. The van der Waals surface area contributed by atoms with Gasteiger partial charge in [-0.1, -0.05) is 12.1 Å². The van der Waals surface area contributed by atoms with Crippen molar-refractivity contribution in [2.24, 2.45) is 0 Å². The number of nitrogens with zero attached hydrogens (tertiary/aromatic N) is 2. The van der Waals surface area contributed by atoms with E-state index in [0.29, 0.717) is 16.9 Å². The van der Waals surface area contributed by atoms with Crippen LogP contribution >= 0.6 is 11.3 Å². The van der Waals surface area contributed by atoms with Crippen LogP contribution in [0.2, 0.25) is 0 Å². The number of nitrogens with one attached hydrogen (secondary N) is 1. The van der Waals surface area contributed by atoms with Crippen molar-refractivity contribution in [3.05, 3.63) is 69.6 Å². The van der Waals surface area contributed by atoms with E-state index < -0.39 is 22.9 Å². The monoisotopic (exact) mass is 412 g/mol. The Morgan fingerprint density at radius 1 is 1.24 bits per heavy atom. The number of thiazole rings is 1. The number of ether oxygens (including phenoxy) is 1. The Bertz CT molecular complexity index is 1060. The number of anilines is 2. The van der Waals surface area contributed by atoms with Gasteiger partial charge >= 0.3 is 5.97 Å². The first-order chi connectivity index (χ1) is 13.8. The van der Waals surface area contributed by atoms with Crippen molar-refractivity contribution in [3.63, 3.8) is 0 Å². The van der Waals surface area contributed by atoms with Crippen molar-refractivity contribution in [3.8, 4) is 11.3 Å². The summed E-state index contributed by atoms with van der Waals surface area (Å²) in [6.07, 6.45) is -1.05. The number of esters is 1. The molecular weight excluding hydrogens is 396 g/mol. The fourth-order valence-electron chi connectivity index (χ4n) is 2.35. The highest BCUT2D eigenvalue weighted by Crippen LogP contribution is 2.27. The summed E-state index contributed by atoms with van der Waals surface area (Å²) < 4.78 is 5.15. The van der Waals surface area contributed by atoms with Crippen molar-refractivity contribution < 1.29 is 19.2 Å². The number of hydrogen-bond acceptors (Lipinski definition) is 8. The van der Waals surface area contributed by atoms with E-state index in [1.807, 2.05) is 0 Å². The van der Waals surface area contributed by atoms with E-state index in [1.54, 1.807) is 29.6 Å². The number of nitro groups is 1. The number of carbonyl (C=O) groups excluding carboxylic acids is 2. The van der Waals surface area contributed by atoms with Gasteiger partial charge in [0.1, 0.15) is 0 Å². The molecule has 1 amide bonds. The van der Waals surface area contributed by atoms with Crippen molar-refractivity contribution in [1.29, 1.82) is 0 Å². The Balaban J connectivity index is 1.63. The van der Waals surface area contributed by atoms with Gasteiger partial charge in [-0.25, -0.2) is 9.78 Å². The second-order valence-electron chi connectivity index (χ2n) is 6.00. The molecule has 10 heteroatoms. The van der Waals surface area contributed by atoms with Gasteiger partial charge in [-0.05, 0) is 31.2 Å². The Morgan fingerprint density at radius 3 is 2.66 bits per heavy atom. The maximum atomic E-state index is 12.3. The zero-order chi connectivity index (χ0) is 21.0. The molecule has 0 saturated carbocycles. The smallest absolute Gasteiger partial charge is 0.338 e. The lowest BCUT2D eigenvalue weighted by atomic mass is 10.1. The zero-order valence-electron chi connectivity index (χ0n) is 15.2. The van der Waals surface area contributed by atoms with E-state index in [0.717, 1.165) is 11.3 Å². The highest BCUT2D eigenvalue weighted by atomic mass is 32.1. The molecule has 9 nitrogen and oxygen atoms in total. The highest BCUT2D eigenvalue weighted by molar-refractivity contribution is 7.14. The van der Waals surface area contributed by atoms with Crippen molar-refractivity contribution >= 4 is 39.7 Å². The van der Waals surface area contributed by atoms with Crippen LogP contribution in [0, 0.1) is 10.1 Å². The molecule has 0 saturated heterocycles. The van der Waals surface area contributed by atoms with Crippen LogP contribution < -0.4 is 11.1 Å². The lowest BCUT2D eigenvalue weighted by Crippen LogP contribution is -2.29. The van der Waals surface area contributed by atoms with Gasteiger partial charge < -0.3 is 10.5 Å². The number of amides is 1. The molecule has 0 aliphatic carbocycles. The molecule has 1 atom stereocenters. The Hall–Kier alpha value is -3.79. The molecule has 0 spiro atoms. The fourth-order valence-corrected chi connectivity index (χ4v) is 3.07. The molecule has 0 aliphatic heterocycles. The van der Waals surface area contributed by atoms with Crippen molar-refractivity contribution in [2.45, 2.75) is 13.0 Å². The molecule has 3 rings (SSSR count). The summed E-state index contributed by atoms with van der Waals surface area (Å²) in [7, 11) is 0. The summed E-state index contributed by atoms with van der Waals surface area (Å²) in [6, 6.07) is 12.2. The molecule has 148 valence electrons. The maximum absolute atomic E-state index is 12.3. The number of carbonyl (C=O) groups is 2. The summed E-state index contributed by atoms with van der Waals surface area (Å²) in [5, 5.41) is 15.4. The number of non-ortho nitro benzene ring substituents is 1. The molecule has 0 bridgehead atoms. The van der Waals surface area contributed by atoms with Crippen LogP contribution in [0.15, 0.2) is 53.9 Å². The molecule has 3 aromatic rings. The molecule has 2 aromatic carbocycles. The average molecular weight is 412 g/mol. The number of nitrogens with two attached hydrogens (primary N) is 1. The van der Waals surface area contributed by atoms with E-state index in [9.17, 15) is 19.7 Å². The van der Waals surface area contributed by atoms with Gasteiger partial charge in [0.2, 0.25) is 0 Å². The summed E-state index contributed by atoms with van der Waals surface area (Å²) in [5.74, 6) is -1.20. The number of benzene rings is 2. The van der Waals surface area contributed by atoms with Gasteiger partial charge in [-0.3, -0.25) is 20.2 Å². The van der Waals surface area contributed by atoms with E-state index in [1.165, 1.54) is 31.2 Å². The van der Waals surface area contributed by atoms with Crippen LogP contribution in [0.4, 0.5) is 16.5 Å². The molecule has 0 radical (unpaired) electrons. The third-order valence-corrected chi connectivity index (χ3v) is 4.64. The Morgan fingerprint density at radius 2 is 1.97 bits per heavy atom. The van der Waals surface area contributed by atoms with Crippen LogP contribution in [-0.4, -0.2) is 27.9 Å². The topological polar surface area (TPSA) is 137 Å². The SMILES string of the molecule is CC(OC(=O)c1ccc(N)cc1)C(=O)Nc1nc(-c2cccc([N+](=O)[O-])c2)cs1. The second kappa shape index (κ2) is 8.48. The lowest BCUT2D eigenvalue weighted by molar-refractivity contribution is -0.384. The standard InChI is InChI=1S/C19H16N4O5S/c1-11(28-18(25)12-5-7-14(20)8-6-12)17(24)22-19-21-16(10-29-19)13-3-2-4-15(9-13)23(26)27/h2-11H,20H2,1H3,(H,21,22,24). The molecule has 1 heterocycles. The van der Waals surface area contributed by atoms with Crippen LogP contribution in [0.5, 0.6) is 0 Å². The molecule has 3 N–H and O–H groups in total. The first kappa shape index (κ1) is 20.0. The van der Waals surface area contributed by atoms with Gasteiger partial charge in [0.25, 0.3) is 11.6 Å². The summed E-state index contributed by atoms with van der Waals surface area (Å²) in [6.45, 7) is 1.44. The largest absolute Gasteiger partial charge is 0.449 e. The fraction of sp³-hybridized carbons (Fsp3) is 0.105. The Labute approximate surface area is 169 Å². The molecule has 29 heavy (non-hydrogen) atoms. The quantitative estimate of drug-likeness (QED) is 0.273. The maximum Gasteiger partial charge on any atom is 0.338 e. The predicted molar refractivity (Wildman–Crippen MR) is 109 cm³/mol. The predicted octanol–water partition coefficient (Wildman–Crippen LogP) is 3.48. The van der Waals surface area contributed by atoms with Gasteiger partial charge in [0, 0.05) is 28.8 Å².